The van der Waals surface area contributed by atoms with Gasteiger partial charge in [0.25, 0.3) is 0 Å². The van der Waals surface area contributed by atoms with Crippen LogP contribution in [0.4, 0.5) is 30.7 Å². The number of rotatable bonds is 13. The van der Waals surface area contributed by atoms with Gasteiger partial charge in [0.05, 0.1) is 0 Å². The molecule has 1 heterocycles. The zero-order valence-corrected chi connectivity index (χ0v) is 23.7. The highest BCUT2D eigenvalue weighted by Gasteiger charge is 2.58. The van der Waals surface area contributed by atoms with Crippen LogP contribution in [-0.2, 0) is 6.42 Å². The molecule has 1 saturated heterocycles. The van der Waals surface area contributed by atoms with E-state index in [2.05, 4.69) is 11.7 Å². The van der Waals surface area contributed by atoms with Crippen LogP contribution in [0.5, 0.6) is 5.75 Å². The molecule has 218 valence electrons. The van der Waals surface area contributed by atoms with E-state index in [1.165, 1.54) is 57.8 Å². The van der Waals surface area contributed by atoms with Gasteiger partial charge in [0.15, 0.2) is 24.0 Å². The van der Waals surface area contributed by atoms with Gasteiger partial charge in [0, 0.05) is 8.80 Å². The van der Waals surface area contributed by atoms with Gasteiger partial charge in [0.1, 0.15) is 0 Å². The Balaban J connectivity index is 1.33. The predicted octanol–water partition coefficient (Wildman–Crippen LogP) is 9.89. The van der Waals surface area contributed by atoms with Gasteiger partial charge in [-0.05, 0) is 61.1 Å². The van der Waals surface area contributed by atoms with Gasteiger partial charge in [-0.2, -0.15) is 22.0 Å². The van der Waals surface area contributed by atoms with Crippen LogP contribution < -0.4 is 4.74 Å². The maximum atomic E-state index is 14.2. The van der Waals surface area contributed by atoms with Crippen molar-refractivity contribution < 1.29 is 35.5 Å². The third-order valence-electron chi connectivity index (χ3n) is 8.86. The van der Waals surface area contributed by atoms with Gasteiger partial charge < -0.3 is 4.74 Å². The normalized spacial score (nSPS) is 24.9. The van der Waals surface area contributed by atoms with Crippen LogP contribution in [0.25, 0.3) is 0 Å². The Hall–Kier alpha value is -1.25. The largest absolute Gasteiger partial charge is 0.481 e. The van der Waals surface area contributed by atoms with Crippen molar-refractivity contribution in [1.82, 2.24) is 0 Å². The van der Waals surface area contributed by atoms with Crippen molar-refractivity contribution in [2.24, 2.45) is 17.8 Å². The van der Waals surface area contributed by atoms with Gasteiger partial charge in [-0.3, -0.25) is 0 Å². The minimum atomic E-state index is -5.85. The lowest BCUT2D eigenvalue weighted by Crippen LogP contribution is -2.42. The smallest absolute Gasteiger partial charge is 0.456 e. The van der Waals surface area contributed by atoms with Crippen molar-refractivity contribution in [2.45, 2.75) is 121 Å². The summed E-state index contributed by atoms with van der Waals surface area (Å²) in [6.07, 6.45) is 9.54. The molecule has 0 atom stereocenters. The average molecular weight is 569 g/mol. The Kier molecular flexibility index (Phi) is 11.9. The lowest BCUT2D eigenvalue weighted by molar-refractivity contribution is -0.290. The van der Waals surface area contributed by atoms with Crippen molar-refractivity contribution in [3.63, 3.8) is 0 Å². The number of hydrogen-bond acceptors (Lipinski definition) is 1. The van der Waals surface area contributed by atoms with Crippen LogP contribution in [0.15, 0.2) is 12.1 Å². The second-order valence-corrected chi connectivity index (χ2v) is 15.1. The number of hydrogen-bond donors (Lipinski definition) is 0. The fourth-order valence-electron chi connectivity index (χ4n) is 6.48. The van der Waals surface area contributed by atoms with E-state index in [4.69, 9.17) is 0 Å². The van der Waals surface area contributed by atoms with Crippen molar-refractivity contribution in [3.8, 4) is 5.75 Å². The summed E-state index contributed by atoms with van der Waals surface area (Å²) in [6.45, 7) is 0.102. The summed E-state index contributed by atoms with van der Waals surface area (Å²) in [5.41, 5.74) is 0.340. The monoisotopic (exact) mass is 568 g/mol. The first-order valence-electron chi connectivity index (χ1n) is 14.6. The summed E-state index contributed by atoms with van der Waals surface area (Å²) in [4.78, 5) is 0. The first-order chi connectivity index (χ1) is 18.0. The van der Waals surface area contributed by atoms with Crippen LogP contribution >= 0.6 is 0 Å². The van der Waals surface area contributed by atoms with Gasteiger partial charge in [-0.1, -0.05) is 82.8 Å². The highest BCUT2D eigenvalue weighted by molar-refractivity contribution is 6.58. The predicted molar refractivity (Wildman–Crippen MR) is 140 cm³/mol. The summed E-state index contributed by atoms with van der Waals surface area (Å²) in [7, 11) is -0.460. The lowest BCUT2D eigenvalue weighted by Gasteiger charge is -2.37. The third-order valence-corrected chi connectivity index (χ3v) is 12.4. The molecule has 2 fully saturated rings. The van der Waals surface area contributed by atoms with Gasteiger partial charge >= 0.3 is 12.1 Å². The molecule has 1 saturated carbocycles. The van der Waals surface area contributed by atoms with E-state index in [0.29, 0.717) is 17.9 Å². The Labute approximate surface area is 224 Å². The van der Waals surface area contributed by atoms with E-state index < -0.39 is 44.9 Å². The first kappa shape index (κ1) is 31.3. The maximum Gasteiger partial charge on any atom is 0.456 e. The Morgan fingerprint density at radius 1 is 0.816 bits per heavy atom. The second-order valence-electron chi connectivity index (χ2n) is 11.7. The van der Waals surface area contributed by atoms with E-state index in [-0.39, 0.29) is 0 Å². The zero-order chi connectivity index (χ0) is 27.8. The number of unbranched alkanes of at least 4 members (excludes halogenated alkanes) is 3. The SMILES string of the molecule is CCCCC[SiH]1CCC(C2CCC(CCCCc3cc(F)c(OCC(F)(F)C(F)(F)F)c(F)c3)CC2)CC1. The molecule has 2 aliphatic rings. The molecule has 0 unspecified atom stereocenters. The van der Waals surface area contributed by atoms with E-state index in [1.807, 2.05) is 0 Å². The average Bonchev–Trinajstić information content (AvgIpc) is 2.86. The molecular formula is C29H43F7OSi. The molecule has 0 bridgehead atoms. The van der Waals surface area contributed by atoms with Gasteiger partial charge in [-0.25, -0.2) is 8.78 Å². The van der Waals surface area contributed by atoms with Crippen LogP contribution in [0.2, 0.25) is 18.1 Å². The molecule has 38 heavy (non-hydrogen) atoms. The van der Waals surface area contributed by atoms with Crippen molar-refractivity contribution >= 4 is 8.80 Å². The van der Waals surface area contributed by atoms with E-state index in [9.17, 15) is 30.7 Å². The second kappa shape index (κ2) is 14.4. The fraction of sp³-hybridized carbons (Fsp3) is 0.793. The molecule has 1 nitrogen and oxygen atoms in total. The molecule has 9 heteroatoms. The van der Waals surface area contributed by atoms with Crippen LogP contribution in [0.3, 0.4) is 0 Å². The summed E-state index contributed by atoms with van der Waals surface area (Å²) in [6, 6.07) is 6.55. The van der Waals surface area contributed by atoms with Gasteiger partial charge in [0.2, 0.25) is 0 Å². The number of ether oxygens (including phenoxy) is 1. The molecule has 1 aromatic carbocycles. The standard InChI is InChI=1S/C29H43F7OSi/c1-2-3-6-15-38-16-13-24(14-17-38)23-11-9-21(10-12-23)7-4-5-8-22-18-25(30)27(26(31)19-22)37-20-28(32,33)29(34,35)36/h18-19,21,23-24,38H,2-17,20H2,1H3. The maximum absolute atomic E-state index is 14.2. The quantitative estimate of drug-likeness (QED) is 0.131. The molecule has 0 N–H and O–H groups in total. The molecule has 1 aliphatic carbocycles. The lowest BCUT2D eigenvalue weighted by atomic mass is 9.73. The number of benzene rings is 1. The topological polar surface area (TPSA) is 9.23 Å². The number of halogens is 7. The van der Waals surface area contributed by atoms with E-state index in [0.717, 1.165) is 43.2 Å². The van der Waals surface area contributed by atoms with Crippen LogP contribution in [-0.4, -0.2) is 27.5 Å². The summed E-state index contributed by atoms with van der Waals surface area (Å²) >= 11 is 0. The molecule has 3 rings (SSSR count). The summed E-state index contributed by atoms with van der Waals surface area (Å²) < 4.78 is 95.3. The molecule has 0 aromatic heterocycles. The molecular weight excluding hydrogens is 525 g/mol. The minimum absolute atomic E-state index is 0.340. The summed E-state index contributed by atoms with van der Waals surface area (Å²) in [5, 5.41) is 0. The molecule has 0 radical (unpaired) electrons. The molecule has 0 amide bonds. The van der Waals surface area contributed by atoms with Gasteiger partial charge in [-0.15, -0.1) is 0 Å². The zero-order valence-electron chi connectivity index (χ0n) is 22.5. The minimum Gasteiger partial charge on any atom is -0.481 e. The van der Waals surface area contributed by atoms with Crippen molar-refractivity contribution in [1.29, 1.82) is 0 Å². The summed E-state index contributed by atoms with van der Waals surface area (Å²) in [5.74, 6) is -6.42. The molecule has 0 spiro atoms. The number of aryl methyl sites for hydroxylation is 1. The Morgan fingerprint density at radius 3 is 2.00 bits per heavy atom. The van der Waals surface area contributed by atoms with E-state index in [1.54, 1.807) is 18.1 Å². The van der Waals surface area contributed by atoms with Crippen molar-refractivity contribution in [2.75, 3.05) is 6.61 Å². The molecule has 1 aromatic rings. The highest BCUT2D eigenvalue weighted by Crippen LogP contribution is 2.42. The highest BCUT2D eigenvalue weighted by atomic mass is 28.3. The Bertz CT molecular complexity index is 821. The van der Waals surface area contributed by atoms with Crippen molar-refractivity contribution in [3.05, 3.63) is 29.3 Å². The Morgan fingerprint density at radius 2 is 1.42 bits per heavy atom. The molecule has 1 aliphatic heterocycles. The number of alkyl halides is 5. The van der Waals surface area contributed by atoms with E-state index >= 15 is 0 Å². The first-order valence-corrected chi connectivity index (χ1v) is 17.0. The van der Waals surface area contributed by atoms with Crippen LogP contribution in [0, 0.1) is 29.4 Å². The third kappa shape index (κ3) is 9.15. The fourth-order valence-corrected chi connectivity index (χ4v) is 10.0. The van der Waals surface area contributed by atoms with Crippen LogP contribution in [0.1, 0.15) is 89.5 Å².